The van der Waals surface area contributed by atoms with Crippen molar-refractivity contribution in [3.63, 3.8) is 0 Å². The van der Waals surface area contributed by atoms with E-state index in [2.05, 4.69) is 4.90 Å². The van der Waals surface area contributed by atoms with Crippen molar-refractivity contribution >= 4 is 0 Å². The molecule has 0 aromatic heterocycles. The highest BCUT2D eigenvalue weighted by atomic mass is 16.5. The third-order valence-electron chi connectivity index (χ3n) is 1.97. The van der Waals surface area contributed by atoms with Gasteiger partial charge in [-0.15, -0.1) is 0 Å². The van der Waals surface area contributed by atoms with Crippen molar-refractivity contribution in [1.82, 2.24) is 4.90 Å². The van der Waals surface area contributed by atoms with Crippen molar-refractivity contribution in [1.29, 1.82) is 0 Å². The SMILES string of the molecule is CN1CCOCC1CC[O]. The highest BCUT2D eigenvalue weighted by Gasteiger charge is 2.18. The molecule has 1 rings (SSSR count). The molecule has 1 aliphatic heterocycles. The number of hydrogen-bond acceptors (Lipinski definition) is 2. The van der Waals surface area contributed by atoms with Crippen LogP contribution in [0.3, 0.4) is 0 Å². The molecule has 1 heterocycles. The van der Waals surface area contributed by atoms with Gasteiger partial charge >= 0.3 is 0 Å². The Labute approximate surface area is 61.6 Å². The summed E-state index contributed by atoms with van der Waals surface area (Å²) in [5, 5.41) is 10.3. The van der Waals surface area contributed by atoms with Gasteiger partial charge in [-0.3, -0.25) is 4.90 Å². The Bertz CT molecular complexity index is 95.6. The molecule has 10 heavy (non-hydrogen) atoms. The minimum atomic E-state index is 0.0123. The van der Waals surface area contributed by atoms with E-state index in [0.29, 0.717) is 6.04 Å². The topological polar surface area (TPSA) is 32.4 Å². The molecule has 1 saturated heterocycles. The lowest BCUT2D eigenvalue weighted by Crippen LogP contribution is -2.43. The van der Waals surface area contributed by atoms with Gasteiger partial charge in [0, 0.05) is 12.6 Å². The summed E-state index contributed by atoms with van der Waals surface area (Å²) in [4.78, 5) is 2.20. The van der Waals surface area contributed by atoms with Gasteiger partial charge in [0.2, 0.25) is 0 Å². The van der Waals surface area contributed by atoms with Crippen LogP contribution in [-0.4, -0.2) is 44.4 Å². The van der Waals surface area contributed by atoms with Gasteiger partial charge < -0.3 is 4.74 Å². The van der Waals surface area contributed by atoms with Crippen LogP contribution in [0.2, 0.25) is 0 Å². The van der Waals surface area contributed by atoms with Gasteiger partial charge in [-0.1, -0.05) is 0 Å². The summed E-state index contributed by atoms with van der Waals surface area (Å²) in [6, 6.07) is 0.367. The molecule has 0 saturated carbocycles. The lowest BCUT2D eigenvalue weighted by molar-refractivity contribution is -0.00663. The van der Waals surface area contributed by atoms with Gasteiger partial charge in [0.1, 0.15) is 0 Å². The van der Waals surface area contributed by atoms with E-state index in [1.54, 1.807) is 0 Å². The standard InChI is InChI=1S/C7H14NO2/c1-8-3-5-10-6-7(8)2-4-9/h7H,2-6H2,1H3. The van der Waals surface area contributed by atoms with Gasteiger partial charge in [0.15, 0.2) is 0 Å². The summed E-state index contributed by atoms with van der Waals surface area (Å²) in [7, 11) is 2.04. The summed E-state index contributed by atoms with van der Waals surface area (Å²) < 4.78 is 5.22. The molecule has 0 N–H and O–H groups in total. The molecule has 1 aliphatic rings. The molecule has 0 aromatic rings. The smallest absolute Gasteiger partial charge is 0.0838 e. The van der Waals surface area contributed by atoms with E-state index >= 15 is 0 Å². The molecule has 3 nitrogen and oxygen atoms in total. The normalized spacial score (nSPS) is 28.8. The first-order valence-electron chi connectivity index (χ1n) is 3.70. The van der Waals surface area contributed by atoms with Gasteiger partial charge in [-0.05, 0) is 13.5 Å². The number of ether oxygens (including phenoxy) is 1. The Kier molecular flexibility index (Phi) is 3.12. The molecule has 1 atom stereocenters. The third-order valence-corrected chi connectivity index (χ3v) is 1.97. The van der Waals surface area contributed by atoms with Crippen molar-refractivity contribution < 1.29 is 9.84 Å². The molecule has 59 valence electrons. The first-order chi connectivity index (χ1) is 4.84. The Balaban J connectivity index is 2.25. The number of nitrogens with zero attached hydrogens (tertiary/aromatic N) is 1. The average molecular weight is 144 g/mol. The van der Waals surface area contributed by atoms with Crippen LogP contribution in [0.25, 0.3) is 0 Å². The predicted octanol–water partition coefficient (Wildman–Crippen LogP) is 0.138. The summed E-state index contributed by atoms with van der Waals surface area (Å²) in [6.45, 7) is 2.52. The van der Waals surface area contributed by atoms with E-state index in [4.69, 9.17) is 4.74 Å². The molecule has 0 aliphatic carbocycles. The largest absolute Gasteiger partial charge is 0.378 e. The van der Waals surface area contributed by atoms with Crippen LogP contribution in [0.1, 0.15) is 6.42 Å². The Morgan fingerprint density at radius 1 is 1.70 bits per heavy atom. The van der Waals surface area contributed by atoms with Crippen molar-refractivity contribution in [2.24, 2.45) is 0 Å². The second-order valence-corrected chi connectivity index (χ2v) is 2.70. The Morgan fingerprint density at radius 3 is 3.10 bits per heavy atom. The van der Waals surface area contributed by atoms with Gasteiger partial charge in [-0.25, -0.2) is 5.11 Å². The quantitative estimate of drug-likeness (QED) is 0.552. The Hall–Kier alpha value is -0.120. The molecule has 1 fully saturated rings. The van der Waals surface area contributed by atoms with Gasteiger partial charge in [-0.2, -0.15) is 0 Å². The second-order valence-electron chi connectivity index (χ2n) is 2.70. The molecule has 0 amide bonds. The highest BCUT2D eigenvalue weighted by Crippen LogP contribution is 2.06. The van der Waals surface area contributed by atoms with Gasteiger partial charge in [0.25, 0.3) is 0 Å². The molecule has 0 aromatic carbocycles. The van der Waals surface area contributed by atoms with Crippen LogP contribution < -0.4 is 0 Å². The molecule has 0 bridgehead atoms. The maximum Gasteiger partial charge on any atom is 0.0838 e. The van der Waals surface area contributed by atoms with Gasteiger partial charge in [0.05, 0.1) is 19.8 Å². The fourth-order valence-corrected chi connectivity index (χ4v) is 1.18. The first kappa shape index (κ1) is 7.98. The van der Waals surface area contributed by atoms with Crippen LogP contribution in [-0.2, 0) is 9.84 Å². The predicted molar refractivity (Wildman–Crippen MR) is 37.4 cm³/mol. The van der Waals surface area contributed by atoms with E-state index in [1.165, 1.54) is 0 Å². The zero-order valence-electron chi connectivity index (χ0n) is 6.38. The van der Waals surface area contributed by atoms with E-state index in [-0.39, 0.29) is 6.61 Å². The fourth-order valence-electron chi connectivity index (χ4n) is 1.18. The second kappa shape index (κ2) is 3.91. The first-order valence-corrected chi connectivity index (χ1v) is 3.70. The lowest BCUT2D eigenvalue weighted by Gasteiger charge is -2.31. The third kappa shape index (κ3) is 1.94. The summed E-state index contributed by atoms with van der Waals surface area (Å²) in [5.41, 5.74) is 0. The van der Waals surface area contributed by atoms with Crippen LogP contribution in [0, 0.1) is 0 Å². The monoisotopic (exact) mass is 144 g/mol. The lowest BCUT2D eigenvalue weighted by atomic mass is 10.2. The van der Waals surface area contributed by atoms with E-state index in [1.807, 2.05) is 7.05 Å². The van der Waals surface area contributed by atoms with E-state index in [0.717, 1.165) is 26.2 Å². The van der Waals surface area contributed by atoms with Crippen molar-refractivity contribution in [3.05, 3.63) is 0 Å². The molecule has 1 unspecified atom stereocenters. The van der Waals surface area contributed by atoms with Crippen LogP contribution in [0.15, 0.2) is 0 Å². The zero-order valence-corrected chi connectivity index (χ0v) is 6.38. The average Bonchev–Trinajstić information content (AvgIpc) is 1.94. The minimum Gasteiger partial charge on any atom is -0.378 e. The van der Waals surface area contributed by atoms with Crippen molar-refractivity contribution in [2.45, 2.75) is 12.5 Å². The van der Waals surface area contributed by atoms with Crippen LogP contribution in [0.4, 0.5) is 0 Å². The summed E-state index contributed by atoms with van der Waals surface area (Å²) in [6.07, 6.45) is 0.719. The Morgan fingerprint density at radius 2 is 2.50 bits per heavy atom. The minimum absolute atomic E-state index is 0.0123. The summed E-state index contributed by atoms with van der Waals surface area (Å²) in [5.74, 6) is 0. The number of rotatable bonds is 2. The number of likely N-dealkylation sites (N-methyl/N-ethyl adjacent to an activating group) is 1. The molecule has 3 heteroatoms. The van der Waals surface area contributed by atoms with E-state index in [9.17, 15) is 5.11 Å². The fraction of sp³-hybridized carbons (Fsp3) is 1.00. The van der Waals surface area contributed by atoms with Crippen molar-refractivity contribution in [2.75, 3.05) is 33.4 Å². The molecular weight excluding hydrogens is 130 g/mol. The molecule has 0 spiro atoms. The zero-order chi connectivity index (χ0) is 7.40. The summed E-state index contributed by atoms with van der Waals surface area (Å²) >= 11 is 0. The van der Waals surface area contributed by atoms with Crippen LogP contribution in [0.5, 0.6) is 0 Å². The highest BCUT2D eigenvalue weighted by molar-refractivity contribution is 4.71. The number of morpholine rings is 1. The number of hydrogen-bond donors (Lipinski definition) is 0. The van der Waals surface area contributed by atoms with Crippen LogP contribution >= 0.6 is 0 Å². The molecular formula is C7H14NO2. The molecule has 1 radical (unpaired) electrons. The maximum atomic E-state index is 10.3. The van der Waals surface area contributed by atoms with Crippen molar-refractivity contribution in [3.8, 4) is 0 Å². The maximum absolute atomic E-state index is 10.3. The van der Waals surface area contributed by atoms with E-state index < -0.39 is 0 Å².